The fourth-order valence-corrected chi connectivity index (χ4v) is 3.78. The molecule has 2 heterocycles. The molecule has 0 bridgehead atoms. The van der Waals surface area contributed by atoms with Crippen LogP contribution in [0.5, 0.6) is 5.75 Å². The molecular weight excluding hydrogens is 324 g/mol. The van der Waals surface area contributed by atoms with E-state index in [1.54, 1.807) is 18.4 Å². The van der Waals surface area contributed by atoms with Gasteiger partial charge in [0.25, 0.3) is 0 Å². The van der Waals surface area contributed by atoms with Crippen LogP contribution in [0.15, 0.2) is 29.6 Å². The number of amides is 1. The van der Waals surface area contributed by atoms with Crippen molar-refractivity contribution in [2.24, 2.45) is 11.7 Å². The van der Waals surface area contributed by atoms with Crippen LogP contribution in [-0.2, 0) is 11.3 Å². The van der Waals surface area contributed by atoms with Gasteiger partial charge in [-0.3, -0.25) is 4.79 Å². The van der Waals surface area contributed by atoms with E-state index in [0.29, 0.717) is 0 Å². The number of nitrogens with two attached hydrogens (primary N) is 1. The number of anilines is 2. The van der Waals surface area contributed by atoms with E-state index in [2.05, 4.69) is 15.7 Å². The average Bonchev–Trinajstić information content (AvgIpc) is 3.02. The highest BCUT2D eigenvalue weighted by Gasteiger charge is 2.27. The molecule has 4 N–H and O–H groups in total. The molecule has 1 amide bonds. The zero-order chi connectivity index (χ0) is 16.9. The van der Waals surface area contributed by atoms with Crippen molar-refractivity contribution in [3.05, 3.63) is 35.3 Å². The van der Waals surface area contributed by atoms with Crippen LogP contribution >= 0.6 is 11.3 Å². The topological polar surface area (TPSA) is 81.7 Å². The molecule has 128 valence electrons. The number of ether oxygens (including phenoxy) is 1. The number of hydrogen-bond acceptors (Lipinski definition) is 5. The Morgan fingerprint density at radius 1 is 1.46 bits per heavy atom. The van der Waals surface area contributed by atoms with Crippen LogP contribution in [0.1, 0.15) is 18.5 Å². The third-order valence-corrected chi connectivity index (χ3v) is 5.15. The number of carbonyl (C=O) groups is 1. The number of carbonyl (C=O) groups excluding carboxylic acids is 1. The summed E-state index contributed by atoms with van der Waals surface area (Å²) in [5, 5.41) is 6.26. The van der Waals surface area contributed by atoms with Gasteiger partial charge in [-0.2, -0.15) is 0 Å². The first kappa shape index (κ1) is 16.7. The van der Waals surface area contributed by atoms with Gasteiger partial charge in [-0.05, 0) is 37.1 Å². The third kappa shape index (κ3) is 4.24. The Morgan fingerprint density at radius 2 is 2.25 bits per heavy atom. The molecule has 0 saturated carbocycles. The number of hydrogen-bond donors (Lipinski definition) is 3. The Bertz CT molecular complexity index is 686. The van der Waals surface area contributed by atoms with Crippen LogP contribution in [0.3, 0.4) is 0 Å². The van der Waals surface area contributed by atoms with Gasteiger partial charge in [-0.25, -0.2) is 4.98 Å². The summed E-state index contributed by atoms with van der Waals surface area (Å²) in [5.41, 5.74) is 7.48. The molecule has 6 nitrogen and oxygen atoms in total. The molecule has 1 saturated heterocycles. The molecule has 7 heteroatoms. The second kappa shape index (κ2) is 7.63. The van der Waals surface area contributed by atoms with Crippen LogP contribution in [0, 0.1) is 5.92 Å². The number of quaternary nitrogens is 1. The predicted octanol–water partition coefficient (Wildman–Crippen LogP) is 1.18. The molecule has 0 aliphatic carbocycles. The molecule has 1 aliphatic rings. The van der Waals surface area contributed by atoms with Gasteiger partial charge in [-0.15, -0.1) is 11.3 Å². The summed E-state index contributed by atoms with van der Waals surface area (Å²) in [5.74, 6) is 0.662. The summed E-state index contributed by atoms with van der Waals surface area (Å²) >= 11 is 1.59. The maximum atomic E-state index is 11.4. The third-order valence-electron chi connectivity index (χ3n) is 4.34. The molecule has 1 aromatic carbocycles. The number of rotatable bonds is 6. The van der Waals surface area contributed by atoms with Crippen molar-refractivity contribution in [2.45, 2.75) is 19.4 Å². The Hall–Kier alpha value is -2.12. The summed E-state index contributed by atoms with van der Waals surface area (Å²) in [6.45, 7) is 2.72. The molecule has 2 atom stereocenters. The van der Waals surface area contributed by atoms with Gasteiger partial charge in [0.1, 0.15) is 18.0 Å². The minimum Gasteiger partial charge on any atom is -0.497 e. The summed E-state index contributed by atoms with van der Waals surface area (Å²) in [7, 11) is 1.65. The Balaban J connectivity index is 1.57. The van der Waals surface area contributed by atoms with Crippen LogP contribution < -0.4 is 20.7 Å². The lowest BCUT2D eigenvalue weighted by Crippen LogP contribution is -3.12. The first-order valence-corrected chi connectivity index (χ1v) is 9.00. The number of nitrogens with zero attached hydrogens (tertiary/aromatic N) is 1. The monoisotopic (exact) mass is 347 g/mol. The zero-order valence-corrected chi connectivity index (χ0v) is 14.6. The van der Waals surface area contributed by atoms with Gasteiger partial charge in [-0.1, -0.05) is 0 Å². The van der Waals surface area contributed by atoms with Crippen LogP contribution in [-0.4, -0.2) is 31.1 Å². The SMILES string of the molecule is COc1ccc(Nc2nc(C[NH+]3CCC[C@H](C(N)=O)C3)cs2)cc1. The average molecular weight is 347 g/mol. The highest BCUT2D eigenvalue weighted by Crippen LogP contribution is 2.22. The number of primary amides is 1. The van der Waals surface area contributed by atoms with Crippen molar-refractivity contribution in [3.8, 4) is 5.75 Å². The number of nitrogens with one attached hydrogen (secondary N) is 2. The van der Waals surface area contributed by atoms with E-state index < -0.39 is 0 Å². The molecule has 0 radical (unpaired) electrons. The minimum atomic E-state index is -0.174. The Morgan fingerprint density at radius 3 is 2.96 bits per heavy atom. The fourth-order valence-electron chi connectivity index (χ4n) is 3.05. The van der Waals surface area contributed by atoms with E-state index >= 15 is 0 Å². The lowest BCUT2D eigenvalue weighted by molar-refractivity contribution is -0.921. The first-order chi connectivity index (χ1) is 11.6. The minimum absolute atomic E-state index is 0.00396. The molecule has 3 rings (SSSR count). The number of piperidine rings is 1. The van der Waals surface area contributed by atoms with Crippen molar-refractivity contribution in [2.75, 3.05) is 25.5 Å². The molecule has 1 fully saturated rings. The van der Waals surface area contributed by atoms with Crippen LogP contribution in [0.25, 0.3) is 0 Å². The number of benzene rings is 1. The predicted molar refractivity (Wildman–Crippen MR) is 94.7 cm³/mol. The molecule has 1 aliphatic heterocycles. The molecule has 24 heavy (non-hydrogen) atoms. The van der Waals surface area contributed by atoms with Crippen LogP contribution in [0.2, 0.25) is 0 Å². The first-order valence-electron chi connectivity index (χ1n) is 8.12. The highest BCUT2D eigenvalue weighted by molar-refractivity contribution is 7.13. The van der Waals surface area contributed by atoms with E-state index in [0.717, 1.165) is 54.7 Å². The molecule has 1 aromatic heterocycles. The lowest BCUT2D eigenvalue weighted by Gasteiger charge is -2.27. The smallest absolute Gasteiger partial charge is 0.226 e. The van der Waals surface area contributed by atoms with Crippen molar-refractivity contribution >= 4 is 28.1 Å². The highest BCUT2D eigenvalue weighted by atomic mass is 32.1. The molecule has 1 unspecified atom stereocenters. The van der Waals surface area contributed by atoms with Gasteiger partial charge in [0.15, 0.2) is 5.13 Å². The number of likely N-dealkylation sites (tertiary alicyclic amines) is 1. The maximum absolute atomic E-state index is 11.4. The van der Waals surface area contributed by atoms with Crippen molar-refractivity contribution in [1.29, 1.82) is 0 Å². The van der Waals surface area contributed by atoms with Gasteiger partial charge >= 0.3 is 0 Å². The zero-order valence-electron chi connectivity index (χ0n) is 13.7. The second-order valence-electron chi connectivity index (χ2n) is 6.12. The molecular formula is C17H23N4O2S+. The number of aromatic nitrogens is 1. The largest absolute Gasteiger partial charge is 0.497 e. The van der Waals surface area contributed by atoms with Gasteiger partial charge in [0.2, 0.25) is 5.91 Å². The summed E-state index contributed by atoms with van der Waals surface area (Å²) in [6.07, 6.45) is 1.96. The summed E-state index contributed by atoms with van der Waals surface area (Å²) < 4.78 is 5.16. The van der Waals surface area contributed by atoms with Gasteiger partial charge < -0.3 is 20.7 Å². The molecule has 0 spiro atoms. The quantitative estimate of drug-likeness (QED) is 0.733. The maximum Gasteiger partial charge on any atom is 0.226 e. The van der Waals surface area contributed by atoms with Crippen molar-refractivity contribution in [3.63, 3.8) is 0 Å². The molecule has 2 aromatic rings. The van der Waals surface area contributed by atoms with E-state index in [9.17, 15) is 4.79 Å². The van der Waals surface area contributed by atoms with Crippen molar-refractivity contribution in [1.82, 2.24) is 4.98 Å². The number of methoxy groups -OCH3 is 1. The number of thiazole rings is 1. The normalized spacial score (nSPS) is 20.5. The van der Waals surface area contributed by atoms with Crippen LogP contribution in [0.4, 0.5) is 10.8 Å². The van der Waals surface area contributed by atoms with Gasteiger partial charge in [0.05, 0.1) is 26.1 Å². The van der Waals surface area contributed by atoms with E-state index in [4.69, 9.17) is 10.5 Å². The second-order valence-corrected chi connectivity index (χ2v) is 6.98. The van der Waals surface area contributed by atoms with E-state index in [-0.39, 0.29) is 11.8 Å². The lowest BCUT2D eigenvalue weighted by atomic mass is 9.97. The van der Waals surface area contributed by atoms with Crippen molar-refractivity contribution < 1.29 is 14.4 Å². The standard InChI is InChI=1S/C17H22N4O2S/c1-23-15-6-4-13(5-7-15)19-17-20-14(11-24-17)10-21-8-2-3-12(9-21)16(18)22/h4-7,11-12H,2-3,8-10H2,1H3,(H2,18,22)(H,19,20)/p+1/t12-/m0/s1. The van der Waals surface area contributed by atoms with Gasteiger partial charge in [0, 0.05) is 11.1 Å². The van der Waals surface area contributed by atoms with E-state index in [1.165, 1.54) is 4.90 Å². The van der Waals surface area contributed by atoms with E-state index in [1.807, 2.05) is 24.3 Å². The Labute approximate surface area is 145 Å². The Kier molecular flexibility index (Phi) is 5.32. The fraction of sp³-hybridized carbons (Fsp3) is 0.412. The summed E-state index contributed by atoms with van der Waals surface area (Å²) in [4.78, 5) is 17.4. The summed E-state index contributed by atoms with van der Waals surface area (Å²) in [6, 6.07) is 7.76.